The first kappa shape index (κ1) is 15.7. The Morgan fingerprint density at radius 1 is 1.32 bits per heavy atom. The number of rotatable bonds is 5. The summed E-state index contributed by atoms with van der Waals surface area (Å²) in [6.45, 7) is 6.13. The van der Waals surface area contributed by atoms with Crippen molar-refractivity contribution >= 4 is 21.4 Å². The van der Waals surface area contributed by atoms with Crippen molar-refractivity contribution < 1.29 is 13.2 Å². The maximum atomic E-state index is 12.1. The highest BCUT2D eigenvalue weighted by Gasteiger charge is 2.26. The van der Waals surface area contributed by atoms with E-state index in [9.17, 15) is 13.2 Å². The van der Waals surface area contributed by atoms with Gasteiger partial charge in [-0.2, -0.15) is 0 Å². The predicted octanol–water partition coefficient (Wildman–Crippen LogP) is 1.42. The lowest BCUT2D eigenvalue weighted by Crippen LogP contribution is -2.49. The summed E-state index contributed by atoms with van der Waals surface area (Å²) in [5.41, 5.74) is -0.241. The largest absolute Gasteiger partial charge is 0.324 e. The van der Waals surface area contributed by atoms with E-state index in [4.69, 9.17) is 0 Å². The monoisotopic (exact) mass is 284 g/mol. The van der Waals surface area contributed by atoms with Crippen LogP contribution in [0.3, 0.4) is 0 Å². The van der Waals surface area contributed by atoms with Gasteiger partial charge in [-0.3, -0.25) is 4.79 Å². The molecule has 6 heteroatoms. The minimum Gasteiger partial charge on any atom is -0.324 e. The van der Waals surface area contributed by atoms with E-state index in [0.717, 1.165) is 6.26 Å². The molecule has 0 saturated heterocycles. The summed E-state index contributed by atoms with van der Waals surface area (Å²) in [6.07, 6.45) is 1.14. The second kappa shape index (κ2) is 5.71. The van der Waals surface area contributed by atoms with Crippen LogP contribution in [-0.4, -0.2) is 32.7 Å². The molecule has 1 amide bonds. The summed E-state index contributed by atoms with van der Waals surface area (Å²) >= 11 is 0. The van der Waals surface area contributed by atoms with Gasteiger partial charge in [0, 0.05) is 11.9 Å². The van der Waals surface area contributed by atoms with Crippen LogP contribution in [0.15, 0.2) is 29.2 Å². The Morgan fingerprint density at radius 2 is 1.95 bits per heavy atom. The van der Waals surface area contributed by atoms with Crippen LogP contribution in [-0.2, 0) is 14.6 Å². The molecule has 0 aliphatic rings. The van der Waals surface area contributed by atoms with Gasteiger partial charge in [-0.05, 0) is 38.6 Å². The van der Waals surface area contributed by atoms with Crippen LogP contribution in [0, 0.1) is 0 Å². The molecule has 1 rings (SSSR count). The highest BCUT2D eigenvalue weighted by atomic mass is 32.2. The van der Waals surface area contributed by atoms with Crippen LogP contribution in [0.4, 0.5) is 5.69 Å². The summed E-state index contributed by atoms with van der Waals surface area (Å²) < 4.78 is 22.9. The second-order valence-corrected chi connectivity index (χ2v) is 6.93. The Kier molecular flexibility index (Phi) is 4.70. The lowest BCUT2D eigenvalue weighted by molar-refractivity contribution is -0.121. The van der Waals surface area contributed by atoms with Crippen LogP contribution >= 0.6 is 0 Å². The van der Waals surface area contributed by atoms with E-state index in [1.807, 2.05) is 6.92 Å². The van der Waals surface area contributed by atoms with Crippen molar-refractivity contribution in [1.82, 2.24) is 5.32 Å². The van der Waals surface area contributed by atoms with Crippen molar-refractivity contribution in [3.63, 3.8) is 0 Å². The molecule has 0 heterocycles. The zero-order chi connectivity index (χ0) is 14.7. The number of hydrogen-bond donors (Lipinski definition) is 2. The minimum atomic E-state index is -3.27. The lowest BCUT2D eigenvalue weighted by Gasteiger charge is -2.24. The van der Waals surface area contributed by atoms with Gasteiger partial charge in [-0.1, -0.05) is 13.0 Å². The van der Waals surface area contributed by atoms with Crippen LogP contribution in [0.5, 0.6) is 0 Å². The summed E-state index contributed by atoms with van der Waals surface area (Å²) in [6, 6.07) is 6.22. The second-order valence-electron chi connectivity index (χ2n) is 4.91. The first-order valence-electron chi connectivity index (χ1n) is 6.03. The van der Waals surface area contributed by atoms with E-state index in [0.29, 0.717) is 12.2 Å². The van der Waals surface area contributed by atoms with Crippen LogP contribution in [0.25, 0.3) is 0 Å². The third-order valence-electron chi connectivity index (χ3n) is 2.71. The van der Waals surface area contributed by atoms with Crippen molar-refractivity contribution in [2.24, 2.45) is 0 Å². The summed E-state index contributed by atoms with van der Waals surface area (Å²) in [7, 11) is -3.27. The highest BCUT2D eigenvalue weighted by molar-refractivity contribution is 7.90. The number of benzene rings is 1. The standard InChI is InChI=1S/C13H20N2O3S/c1-5-14-13(2,3)12(16)15-10-7-6-8-11(9-10)19(4,17)18/h6-9,14H,5H2,1-4H3,(H,15,16). The molecule has 0 fully saturated rings. The van der Waals surface area contributed by atoms with Gasteiger partial charge >= 0.3 is 0 Å². The van der Waals surface area contributed by atoms with Crippen molar-refractivity contribution in [2.75, 3.05) is 18.1 Å². The number of likely N-dealkylation sites (N-methyl/N-ethyl adjacent to an activating group) is 1. The van der Waals surface area contributed by atoms with Gasteiger partial charge in [0.15, 0.2) is 9.84 Å². The van der Waals surface area contributed by atoms with Gasteiger partial charge < -0.3 is 10.6 Å². The summed E-state index contributed by atoms with van der Waals surface area (Å²) in [5, 5.41) is 5.77. The molecule has 0 radical (unpaired) electrons. The minimum absolute atomic E-state index is 0.187. The van der Waals surface area contributed by atoms with E-state index in [1.54, 1.807) is 26.0 Å². The maximum Gasteiger partial charge on any atom is 0.244 e. The van der Waals surface area contributed by atoms with Gasteiger partial charge in [0.2, 0.25) is 5.91 Å². The van der Waals surface area contributed by atoms with Gasteiger partial charge in [0.25, 0.3) is 0 Å². The average molecular weight is 284 g/mol. The van der Waals surface area contributed by atoms with Crippen LogP contribution in [0.2, 0.25) is 0 Å². The van der Waals surface area contributed by atoms with Gasteiger partial charge in [0.1, 0.15) is 0 Å². The smallest absolute Gasteiger partial charge is 0.244 e. The molecule has 0 spiro atoms. The van der Waals surface area contributed by atoms with Crippen LogP contribution < -0.4 is 10.6 Å². The Labute approximate surface area is 114 Å². The zero-order valence-electron chi connectivity index (χ0n) is 11.6. The van der Waals surface area contributed by atoms with E-state index in [2.05, 4.69) is 10.6 Å². The molecule has 0 saturated carbocycles. The van der Waals surface area contributed by atoms with Crippen molar-refractivity contribution in [1.29, 1.82) is 0 Å². The molecule has 0 bridgehead atoms. The number of carbonyl (C=O) groups excluding carboxylic acids is 1. The fourth-order valence-electron chi connectivity index (χ4n) is 1.61. The molecule has 5 nitrogen and oxygen atoms in total. The molecule has 1 aromatic carbocycles. The Balaban J connectivity index is 2.92. The quantitative estimate of drug-likeness (QED) is 0.857. The lowest BCUT2D eigenvalue weighted by atomic mass is 10.0. The topological polar surface area (TPSA) is 75.3 Å². The summed E-state index contributed by atoms with van der Waals surface area (Å²) in [4.78, 5) is 12.2. The number of amides is 1. The average Bonchev–Trinajstić information content (AvgIpc) is 2.28. The molecular weight excluding hydrogens is 264 g/mol. The predicted molar refractivity (Wildman–Crippen MR) is 75.9 cm³/mol. The fraction of sp³-hybridized carbons (Fsp3) is 0.462. The molecule has 0 aliphatic carbocycles. The van der Waals surface area contributed by atoms with Crippen LogP contribution in [0.1, 0.15) is 20.8 Å². The number of hydrogen-bond acceptors (Lipinski definition) is 4. The van der Waals surface area contributed by atoms with E-state index in [-0.39, 0.29) is 10.8 Å². The number of anilines is 1. The molecule has 106 valence electrons. The number of carbonyl (C=O) groups is 1. The van der Waals surface area contributed by atoms with E-state index < -0.39 is 15.4 Å². The number of sulfone groups is 1. The molecule has 2 N–H and O–H groups in total. The van der Waals surface area contributed by atoms with Crippen molar-refractivity contribution in [2.45, 2.75) is 31.2 Å². The third-order valence-corrected chi connectivity index (χ3v) is 3.82. The molecular formula is C13H20N2O3S. The first-order valence-corrected chi connectivity index (χ1v) is 7.92. The molecule has 19 heavy (non-hydrogen) atoms. The molecule has 0 aromatic heterocycles. The molecule has 0 aliphatic heterocycles. The van der Waals surface area contributed by atoms with E-state index in [1.165, 1.54) is 12.1 Å². The van der Waals surface area contributed by atoms with Crippen molar-refractivity contribution in [3.8, 4) is 0 Å². The van der Waals surface area contributed by atoms with Gasteiger partial charge in [0.05, 0.1) is 10.4 Å². The van der Waals surface area contributed by atoms with Gasteiger partial charge in [-0.15, -0.1) is 0 Å². The zero-order valence-corrected chi connectivity index (χ0v) is 12.5. The first-order chi connectivity index (χ1) is 8.66. The third kappa shape index (κ3) is 4.33. The molecule has 0 atom stereocenters. The Morgan fingerprint density at radius 3 is 2.47 bits per heavy atom. The van der Waals surface area contributed by atoms with Gasteiger partial charge in [-0.25, -0.2) is 8.42 Å². The maximum absolute atomic E-state index is 12.1. The SMILES string of the molecule is CCNC(C)(C)C(=O)Nc1cccc(S(C)(=O)=O)c1. The summed E-state index contributed by atoms with van der Waals surface area (Å²) in [5.74, 6) is -0.208. The molecule has 1 aromatic rings. The normalized spacial score (nSPS) is 12.2. The van der Waals surface area contributed by atoms with Crippen molar-refractivity contribution in [3.05, 3.63) is 24.3 Å². The Bertz CT molecular complexity index is 565. The number of nitrogens with one attached hydrogen (secondary N) is 2. The Hall–Kier alpha value is -1.40. The highest BCUT2D eigenvalue weighted by Crippen LogP contribution is 2.16. The van der Waals surface area contributed by atoms with E-state index >= 15 is 0 Å². The fourth-order valence-corrected chi connectivity index (χ4v) is 2.28. The molecule has 0 unspecified atom stereocenters.